The number of β-amino-alcohol motifs (C(OH)–C–C–N with tert-alkyl or cyclic N) is 1. The Bertz CT molecular complexity index is 382. The number of nitrogens with zero attached hydrogens (tertiary/aromatic N) is 3. The molecule has 1 amide bonds. The summed E-state index contributed by atoms with van der Waals surface area (Å²) < 4.78 is 1.69. The van der Waals surface area contributed by atoms with Gasteiger partial charge in [0.25, 0.3) is 0 Å². The van der Waals surface area contributed by atoms with Gasteiger partial charge in [-0.3, -0.25) is 9.48 Å². The number of alkyl halides is 1. The van der Waals surface area contributed by atoms with Gasteiger partial charge in [0, 0.05) is 25.5 Å². The minimum Gasteiger partial charge on any atom is -0.389 e. The zero-order chi connectivity index (χ0) is 12.4. The third-order valence-corrected chi connectivity index (χ3v) is 3.56. The molecule has 3 atom stereocenters. The molecule has 0 bridgehead atoms. The van der Waals surface area contributed by atoms with E-state index in [0.29, 0.717) is 19.5 Å². The van der Waals surface area contributed by atoms with Gasteiger partial charge in [0.2, 0.25) is 5.91 Å². The number of carbonyl (C=O) groups excluding carboxylic acids is 1. The summed E-state index contributed by atoms with van der Waals surface area (Å²) >= 11 is 5.92. The van der Waals surface area contributed by atoms with Crippen molar-refractivity contribution in [1.29, 1.82) is 0 Å². The van der Waals surface area contributed by atoms with Crippen LogP contribution < -0.4 is 0 Å². The molecule has 5 nitrogen and oxygen atoms in total. The molecule has 0 aliphatic carbocycles. The Hall–Kier alpha value is -1.07. The van der Waals surface area contributed by atoms with E-state index in [2.05, 4.69) is 5.10 Å². The Morgan fingerprint density at radius 2 is 2.41 bits per heavy atom. The van der Waals surface area contributed by atoms with Crippen molar-refractivity contribution in [3.63, 3.8) is 0 Å². The highest BCUT2D eigenvalue weighted by atomic mass is 35.5. The summed E-state index contributed by atoms with van der Waals surface area (Å²) in [6.07, 6.45) is 3.46. The molecule has 0 saturated carbocycles. The van der Waals surface area contributed by atoms with E-state index in [0.717, 1.165) is 0 Å². The molecule has 6 heteroatoms. The lowest BCUT2D eigenvalue weighted by Crippen LogP contribution is -2.35. The highest BCUT2D eigenvalue weighted by molar-refractivity contribution is 6.30. The minimum absolute atomic E-state index is 0.108. The Morgan fingerprint density at radius 1 is 1.65 bits per heavy atom. The van der Waals surface area contributed by atoms with Crippen molar-refractivity contribution in [3.05, 3.63) is 18.5 Å². The third kappa shape index (κ3) is 2.45. The number of amides is 1. The SMILES string of the molecule is CC[C@H](Cl)C(=O)N1C[C@@H](n2cccn2)[C@@H](O)C1. The summed E-state index contributed by atoms with van der Waals surface area (Å²) in [5.74, 6) is -0.108. The molecule has 1 aromatic rings. The first-order valence-electron chi connectivity index (χ1n) is 5.73. The predicted molar refractivity (Wildman–Crippen MR) is 63.8 cm³/mol. The predicted octanol–water partition coefficient (Wildman–Crippen LogP) is 0.645. The van der Waals surface area contributed by atoms with Gasteiger partial charge in [0.15, 0.2) is 0 Å². The number of aliphatic hydroxyl groups excluding tert-OH is 1. The zero-order valence-electron chi connectivity index (χ0n) is 9.66. The van der Waals surface area contributed by atoms with Crippen molar-refractivity contribution < 1.29 is 9.90 Å². The summed E-state index contributed by atoms with van der Waals surface area (Å²) in [5.41, 5.74) is 0. The minimum atomic E-state index is -0.584. The van der Waals surface area contributed by atoms with Crippen LogP contribution in [0, 0.1) is 0 Å². The van der Waals surface area contributed by atoms with E-state index in [1.54, 1.807) is 28.0 Å². The van der Waals surface area contributed by atoms with Gasteiger partial charge in [-0.2, -0.15) is 5.10 Å². The van der Waals surface area contributed by atoms with Crippen molar-refractivity contribution in [2.24, 2.45) is 0 Å². The number of aliphatic hydroxyl groups is 1. The van der Waals surface area contributed by atoms with Crippen LogP contribution in [0.3, 0.4) is 0 Å². The molecule has 0 radical (unpaired) electrons. The summed E-state index contributed by atoms with van der Waals surface area (Å²) in [7, 11) is 0. The molecule has 1 aromatic heterocycles. The smallest absolute Gasteiger partial charge is 0.240 e. The maximum atomic E-state index is 11.9. The summed E-state index contributed by atoms with van der Waals surface area (Å²) in [6.45, 7) is 2.66. The van der Waals surface area contributed by atoms with Crippen molar-refractivity contribution in [3.8, 4) is 0 Å². The van der Waals surface area contributed by atoms with Crippen molar-refractivity contribution in [1.82, 2.24) is 14.7 Å². The zero-order valence-corrected chi connectivity index (χ0v) is 10.4. The number of carbonyl (C=O) groups is 1. The number of halogens is 1. The first kappa shape index (κ1) is 12.4. The molecule has 2 heterocycles. The topological polar surface area (TPSA) is 58.4 Å². The van der Waals surface area contributed by atoms with Crippen LogP contribution in [0.2, 0.25) is 0 Å². The van der Waals surface area contributed by atoms with Crippen molar-refractivity contribution in [2.45, 2.75) is 30.9 Å². The van der Waals surface area contributed by atoms with E-state index >= 15 is 0 Å². The van der Waals surface area contributed by atoms with Crippen LogP contribution in [-0.2, 0) is 4.79 Å². The first-order valence-corrected chi connectivity index (χ1v) is 6.17. The normalized spacial score (nSPS) is 26.2. The van der Waals surface area contributed by atoms with Gasteiger partial charge in [-0.05, 0) is 12.5 Å². The fourth-order valence-corrected chi connectivity index (χ4v) is 2.20. The molecule has 94 valence electrons. The van der Waals surface area contributed by atoms with Gasteiger partial charge in [0.05, 0.1) is 12.1 Å². The Labute approximate surface area is 105 Å². The fraction of sp³-hybridized carbons (Fsp3) is 0.636. The molecule has 0 aromatic carbocycles. The summed E-state index contributed by atoms with van der Waals surface area (Å²) in [4.78, 5) is 13.5. The number of hydrogen-bond donors (Lipinski definition) is 1. The number of hydrogen-bond acceptors (Lipinski definition) is 3. The molecule has 0 spiro atoms. The average molecular weight is 258 g/mol. The van der Waals surface area contributed by atoms with Gasteiger partial charge in [-0.1, -0.05) is 6.92 Å². The van der Waals surface area contributed by atoms with Gasteiger partial charge in [-0.15, -0.1) is 11.6 Å². The Balaban J connectivity index is 2.05. The lowest BCUT2D eigenvalue weighted by atomic mass is 10.2. The standard InChI is InChI=1S/C11H16ClN3O2/c1-2-8(12)11(17)14-6-9(10(16)7-14)15-5-3-4-13-15/h3-5,8-10,16H,2,6-7H2,1H3/t8-,9+,10-/m0/s1. The van der Waals surface area contributed by atoms with E-state index in [1.165, 1.54) is 0 Å². The number of rotatable bonds is 3. The lowest BCUT2D eigenvalue weighted by Gasteiger charge is -2.18. The van der Waals surface area contributed by atoms with Crippen LogP contribution in [0.25, 0.3) is 0 Å². The summed E-state index contributed by atoms with van der Waals surface area (Å²) in [6, 6.07) is 1.63. The fourth-order valence-electron chi connectivity index (χ4n) is 2.06. The van der Waals surface area contributed by atoms with E-state index in [9.17, 15) is 9.90 Å². The second kappa shape index (κ2) is 5.06. The van der Waals surface area contributed by atoms with Gasteiger partial charge in [0.1, 0.15) is 5.38 Å². The Morgan fingerprint density at radius 3 is 3.00 bits per heavy atom. The number of likely N-dealkylation sites (tertiary alicyclic amines) is 1. The molecule has 1 aliphatic heterocycles. The van der Waals surface area contributed by atoms with Crippen LogP contribution in [0.5, 0.6) is 0 Å². The second-order valence-electron chi connectivity index (χ2n) is 4.24. The summed E-state index contributed by atoms with van der Waals surface area (Å²) in [5, 5.41) is 13.5. The van der Waals surface area contributed by atoms with Crippen LogP contribution in [-0.4, -0.2) is 50.3 Å². The van der Waals surface area contributed by atoms with E-state index in [4.69, 9.17) is 11.6 Å². The second-order valence-corrected chi connectivity index (χ2v) is 4.77. The highest BCUT2D eigenvalue weighted by Gasteiger charge is 2.36. The molecule has 1 aliphatic rings. The van der Waals surface area contributed by atoms with Crippen molar-refractivity contribution >= 4 is 17.5 Å². The average Bonchev–Trinajstić information content (AvgIpc) is 2.95. The van der Waals surface area contributed by atoms with Gasteiger partial charge >= 0.3 is 0 Å². The van der Waals surface area contributed by atoms with Crippen LogP contribution in [0.1, 0.15) is 19.4 Å². The maximum absolute atomic E-state index is 11.9. The van der Waals surface area contributed by atoms with Gasteiger partial charge in [-0.25, -0.2) is 0 Å². The quantitative estimate of drug-likeness (QED) is 0.809. The van der Waals surface area contributed by atoms with Crippen LogP contribution in [0.4, 0.5) is 0 Å². The molecule has 0 unspecified atom stereocenters. The number of aromatic nitrogens is 2. The third-order valence-electron chi connectivity index (χ3n) is 3.06. The molecule has 1 fully saturated rings. The van der Waals surface area contributed by atoms with Crippen LogP contribution in [0.15, 0.2) is 18.5 Å². The molecular formula is C11H16ClN3O2. The first-order chi connectivity index (χ1) is 8.13. The van der Waals surface area contributed by atoms with E-state index < -0.39 is 11.5 Å². The van der Waals surface area contributed by atoms with E-state index in [1.807, 2.05) is 6.92 Å². The molecular weight excluding hydrogens is 242 g/mol. The lowest BCUT2D eigenvalue weighted by molar-refractivity contribution is -0.130. The highest BCUT2D eigenvalue weighted by Crippen LogP contribution is 2.23. The molecule has 17 heavy (non-hydrogen) atoms. The monoisotopic (exact) mass is 257 g/mol. The Kier molecular flexibility index (Phi) is 3.69. The molecule has 1 saturated heterocycles. The molecule has 2 rings (SSSR count). The molecule has 1 N–H and O–H groups in total. The largest absolute Gasteiger partial charge is 0.389 e. The van der Waals surface area contributed by atoms with E-state index in [-0.39, 0.29) is 11.9 Å². The van der Waals surface area contributed by atoms with Crippen LogP contribution >= 0.6 is 11.6 Å². The maximum Gasteiger partial charge on any atom is 0.240 e. The van der Waals surface area contributed by atoms with Crippen molar-refractivity contribution in [2.75, 3.05) is 13.1 Å². The van der Waals surface area contributed by atoms with Gasteiger partial charge < -0.3 is 10.0 Å².